The van der Waals surface area contributed by atoms with E-state index in [2.05, 4.69) is 15.3 Å². The van der Waals surface area contributed by atoms with Crippen LogP contribution in [-0.4, -0.2) is 59.2 Å². The summed E-state index contributed by atoms with van der Waals surface area (Å²) in [7, 11) is 8.95. The van der Waals surface area contributed by atoms with Crippen LogP contribution in [0.15, 0.2) is 51.0 Å². The molecule has 0 fully saturated rings. The molecular weight excluding hydrogens is 526 g/mol. The Labute approximate surface area is 227 Å². The fraction of sp³-hybridized carbons (Fsp3) is 0.269. The predicted octanol–water partition coefficient (Wildman–Crippen LogP) is 2.46. The molecule has 0 saturated carbocycles. The second-order valence-corrected chi connectivity index (χ2v) is 9.19. The lowest BCUT2D eigenvalue weighted by Gasteiger charge is -2.14. The molecule has 1 amide bonds. The number of nitrogens with zero attached hydrogens (tertiary/aromatic N) is 4. The van der Waals surface area contributed by atoms with E-state index in [1.165, 1.54) is 47.1 Å². The number of hydrogen-bond donors (Lipinski definition) is 1. The molecule has 2 heterocycles. The molecule has 2 aromatic heterocycles. The van der Waals surface area contributed by atoms with E-state index in [-0.39, 0.29) is 33.5 Å². The Kier molecular flexibility index (Phi) is 8.10. The maximum atomic E-state index is 13.1. The van der Waals surface area contributed by atoms with Crippen molar-refractivity contribution in [1.82, 2.24) is 19.1 Å². The van der Waals surface area contributed by atoms with Crippen molar-refractivity contribution in [2.24, 2.45) is 14.1 Å². The zero-order valence-corrected chi connectivity index (χ0v) is 23.0. The molecule has 39 heavy (non-hydrogen) atoms. The van der Waals surface area contributed by atoms with Gasteiger partial charge in [-0.2, -0.15) is 0 Å². The van der Waals surface area contributed by atoms with E-state index in [0.717, 1.165) is 16.3 Å². The van der Waals surface area contributed by atoms with E-state index < -0.39 is 11.2 Å². The van der Waals surface area contributed by atoms with Gasteiger partial charge in [0.05, 0.1) is 39.9 Å². The lowest BCUT2D eigenvalue weighted by molar-refractivity contribution is -0.113. The smallest absolute Gasteiger partial charge is 0.332 e. The van der Waals surface area contributed by atoms with Gasteiger partial charge in [0.1, 0.15) is 21.9 Å². The SMILES string of the molecule is COc1ccc(OC)c(NC(=O)CSc2nc(-c3ccc(OC)c(OC)c3)nc3c2c(=O)n(C)c(=O)n3C)c1. The zero-order valence-electron chi connectivity index (χ0n) is 22.2. The number of ether oxygens (including phenoxy) is 4. The second-order valence-electron chi connectivity index (χ2n) is 8.23. The largest absolute Gasteiger partial charge is 0.497 e. The summed E-state index contributed by atoms with van der Waals surface area (Å²) in [5.74, 6) is 1.76. The van der Waals surface area contributed by atoms with Gasteiger partial charge >= 0.3 is 5.69 Å². The molecule has 0 atom stereocenters. The minimum absolute atomic E-state index is 0.0934. The number of rotatable bonds is 9. The van der Waals surface area contributed by atoms with E-state index >= 15 is 0 Å². The van der Waals surface area contributed by atoms with E-state index in [1.807, 2.05) is 0 Å². The van der Waals surface area contributed by atoms with E-state index in [9.17, 15) is 14.4 Å². The number of benzene rings is 2. The molecule has 2 aromatic carbocycles. The van der Waals surface area contributed by atoms with E-state index in [4.69, 9.17) is 18.9 Å². The van der Waals surface area contributed by atoms with Gasteiger partial charge in [0.25, 0.3) is 5.56 Å². The predicted molar refractivity (Wildman–Crippen MR) is 147 cm³/mol. The van der Waals surface area contributed by atoms with Crippen LogP contribution in [0, 0.1) is 0 Å². The van der Waals surface area contributed by atoms with Gasteiger partial charge in [-0.15, -0.1) is 0 Å². The third-order valence-electron chi connectivity index (χ3n) is 5.93. The van der Waals surface area contributed by atoms with Gasteiger partial charge in [-0.25, -0.2) is 14.8 Å². The molecule has 0 aliphatic heterocycles. The van der Waals surface area contributed by atoms with Gasteiger partial charge in [-0.3, -0.25) is 18.7 Å². The van der Waals surface area contributed by atoms with Crippen molar-refractivity contribution in [3.05, 3.63) is 57.2 Å². The Morgan fingerprint density at radius 1 is 0.872 bits per heavy atom. The summed E-state index contributed by atoms with van der Waals surface area (Å²) in [6, 6.07) is 10.2. The monoisotopic (exact) mass is 553 g/mol. The molecule has 0 bridgehead atoms. The van der Waals surface area contributed by atoms with Crippen LogP contribution >= 0.6 is 11.8 Å². The summed E-state index contributed by atoms with van der Waals surface area (Å²) in [5, 5.41) is 3.17. The standard InChI is InChI=1S/C26H27N5O7S/c1-30-23-21(25(33)31(2)26(30)34)24(29-22(28-23)14-7-9-18(37-5)19(11-14)38-6)39-13-20(32)27-16-12-15(35-3)8-10-17(16)36-4/h7-12H,13H2,1-6H3,(H,27,32). The molecule has 0 aliphatic rings. The average Bonchev–Trinajstić information content (AvgIpc) is 2.96. The van der Waals surface area contributed by atoms with Crippen LogP contribution in [0.4, 0.5) is 5.69 Å². The van der Waals surface area contributed by atoms with Crippen LogP contribution < -0.4 is 35.5 Å². The number of nitrogens with one attached hydrogen (secondary N) is 1. The fourth-order valence-corrected chi connectivity index (χ4v) is 4.68. The first-order valence-corrected chi connectivity index (χ1v) is 12.6. The van der Waals surface area contributed by atoms with Crippen LogP contribution in [0.5, 0.6) is 23.0 Å². The first-order valence-electron chi connectivity index (χ1n) is 11.6. The number of amides is 1. The van der Waals surface area contributed by atoms with Crippen molar-refractivity contribution in [3.63, 3.8) is 0 Å². The van der Waals surface area contributed by atoms with Crippen LogP contribution in [0.3, 0.4) is 0 Å². The van der Waals surface area contributed by atoms with Crippen molar-refractivity contribution in [2.75, 3.05) is 39.5 Å². The number of aromatic nitrogens is 4. The minimum atomic E-state index is -0.565. The van der Waals surface area contributed by atoms with Gasteiger partial charge in [0, 0.05) is 25.7 Å². The normalized spacial score (nSPS) is 10.8. The molecule has 1 N–H and O–H groups in total. The van der Waals surface area contributed by atoms with Gasteiger partial charge in [0.2, 0.25) is 5.91 Å². The van der Waals surface area contributed by atoms with Crippen molar-refractivity contribution in [2.45, 2.75) is 5.03 Å². The number of methoxy groups -OCH3 is 4. The first-order chi connectivity index (χ1) is 18.7. The topological polar surface area (TPSA) is 136 Å². The lowest BCUT2D eigenvalue weighted by Crippen LogP contribution is -2.37. The second kappa shape index (κ2) is 11.5. The van der Waals surface area contributed by atoms with Crippen LogP contribution in [0.25, 0.3) is 22.4 Å². The highest BCUT2D eigenvalue weighted by Crippen LogP contribution is 2.33. The number of thioether (sulfide) groups is 1. The Morgan fingerprint density at radius 2 is 1.56 bits per heavy atom. The summed E-state index contributed by atoms with van der Waals surface area (Å²) in [5.41, 5.74) is 0.0299. The van der Waals surface area contributed by atoms with E-state index in [0.29, 0.717) is 34.2 Å². The Morgan fingerprint density at radius 3 is 2.23 bits per heavy atom. The molecule has 0 spiro atoms. The van der Waals surface area contributed by atoms with Crippen LogP contribution in [0.2, 0.25) is 0 Å². The van der Waals surface area contributed by atoms with Gasteiger partial charge < -0.3 is 24.3 Å². The minimum Gasteiger partial charge on any atom is -0.497 e. The summed E-state index contributed by atoms with van der Waals surface area (Å²) in [4.78, 5) is 47.9. The Balaban J connectivity index is 1.77. The van der Waals surface area contributed by atoms with Gasteiger partial charge in [0.15, 0.2) is 23.0 Å². The highest BCUT2D eigenvalue weighted by atomic mass is 32.2. The summed E-state index contributed by atoms with van der Waals surface area (Å²) in [6.07, 6.45) is 0. The van der Waals surface area contributed by atoms with Crippen molar-refractivity contribution >= 4 is 34.4 Å². The summed E-state index contributed by atoms with van der Waals surface area (Å²) >= 11 is 1.04. The summed E-state index contributed by atoms with van der Waals surface area (Å²) < 4.78 is 23.5. The first kappa shape index (κ1) is 27.5. The molecule has 0 radical (unpaired) electrons. The number of carbonyl (C=O) groups is 1. The van der Waals surface area contributed by atoms with Gasteiger partial charge in [-0.1, -0.05) is 11.8 Å². The third-order valence-corrected chi connectivity index (χ3v) is 6.90. The Bertz CT molecular complexity index is 1680. The fourth-order valence-electron chi connectivity index (χ4n) is 3.87. The van der Waals surface area contributed by atoms with Crippen LogP contribution in [-0.2, 0) is 18.9 Å². The molecule has 204 valence electrons. The maximum Gasteiger partial charge on any atom is 0.332 e. The van der Waals surface area contributed by atoms with Gasteiger partial charge in [-0.05, 0) is 30.3 Å². The quantitative estimate of drug-likeness (QED) is 0.243. The molecule has 0 unspecified atom stereocenters. The molecule has 0 aliphatic carbocycles. The lowest BCUT2D eigenvalue weighted by atomic mass is 10.2. The van der Waals surface area contributed by atoms with Crippen molar-refractivity contribution in [1.29, 1.82) is 0 Å². The molecule has 12 nitrogen and oxygen atoms in total. The van der Waals surface area contributed by atoms with Crippen LogP contribution in [0.1, 0.15) is 0 Å². The van der Waals surface area contributed by atoms with E-state index in [1.54, 1.807) is 36.4 Å². The average molecular weight is 554 g/mol. The third kappa shape index (κ3) is 5.39. The van der Waals surface area contributed by atoms with Crippen molar-refractivity contribution in [3.8, 4) is 34.4 Å². The number of anilines is 1. The summed E-state index contributed by atoms with van der Waals surface area (Å²) in [6.45, 7) is 0. The highest BCUT2D eigenvalue weighted by molar-refractivity contribution is 8.00. The molecular formula is C26H27N5O7S. The number of hydrogen-bond acceptors (Lipinski definition) is 10. The number of carbonyl (C=O) groups excluding carboxylic acids is 1. The Hall–Kier alpha value is -4.52. The number of fused-ring (bicyclic) bond motifs is 1. The molecule has 0 saturated heterocycles. The number of aryl methyl sites for hydroxylation is 1. The molecule has 4 aromatic rings. The van der Waals surface area contributed by atoms with Crippen molar-refractivity contribution < 1.29 is 23.7 Å². The molecule has 4 rings (SSSR count). The zero-order chi connectivity index (χ0) is 28.3. The highest BCUT2D eigenvalue weighted by Gasteiger charge is 2.20. The maximum absolute atomic E-state index is 13.1. The molecule has 13 heteroatoms.